The van der Waals surface area contributed by atoms with Gasteiger partial charge in [0.2, 0.25) is 0 Å². The lowest BCUT2D eigenvalue weighted by molar-refractivity contribution is -0.384. The van der Waals surface area contributed by atoms with Crippen molar-refractivity contribution in [1.82, 2.24) is 10.0 Å². The quantitative estimate of drug-likeness (QED) is 0.251. The van der Waals surface area contributed by atoms with Gasteiger partial charge in [-0.05, 0) is 31.0 Å². The van der Waals surface area contributed by atoms with E-state index < -0.39 is 46.8 Å². The SMILES string of the molecule is O=C(CN(C(=O)c1cccc([N+](=O)[O-])c1)N1C(=O)[C@H]2CCCC[C@H]2C1=O)c1ccc(Br)cc1. The number of hydrazine groups is 1. The maximum absolute atomic E-state index is 13.4. The Hall–Kier alpha value is -3.40. The number of carbonyl (C=O) groups is 4. The summed E-state index contributed by atoms with van der Waals surface area (Å²) >= 11 is 3.29. The number of fused-ring (bicyclic) bond motifs is 1. The van der Waals surface area contributed by atoms with Crippen molar-refractivity contribution >= 4 is 45.1 Å². The summed E-state index contributed by atoms with van der Waals surface area (Å²) in [6.07, 6.45) is 2.71. The molecule has 2 aromatic rings. The lowest BCUT2D eigenvalue weighted by Gasteiger charge is -2.30. The van der Waals surface area contributed by atoms with Crippen molar-refractivity contribution in [2.75, 3.05) is 6.54 Å². The van der Waals surface area contributed by atoms with Gasteiger partial charge in [-0.15, -0.1) is 0 Å². The first kappa shape index (κ1) is 22.8. The van der Waals surface area contributed by atoms with Gasteiger partial charge in [-0.1, -0.05) is 47.0 Å². The molecule has 0 aromatic heterocycles. The van der Waals surface area contributed by atoms with Crippen LogP contribution in [0.3, 0.4) is 0 Å². The van der Waals surface area contributed by atoms with Crippen LogP contribution in [0.2, 0.25) is 0 Å². The Bertz CT molecular complexity index is 1130. The smallest absolute Gasteiger partial charge is 0.273 e. The number of benzene rings is 2. The summed E-state index contributed by atoms with van der Waals surface area (Å²) in [4.78, 5) is 63.2. The second-order valence-electron chi connectivity index (χ2n) is 8.09. The minimum atomic E-state index is -0.829. The maximum atomic E-state index is 13.4. The fourth-order valence-electron chi connectivity index (χ4n) is 4.38. The molecule has 1 saturated heterocycles. The molecule has 0 radical (unpaired) electrons. The monoisotopic (exact) mass is 513 g/mol. The number of Topliss-reactive ketones (excluding diaryl/α,β-unsaturated/α-hetero) is 1. The number of hydrogen-bond donors (Lipinski definition) is 0. The first-order chi connectivity index (χ1) is 15.8. The van der Waals surface area contributed by atoms with Gasteiger partial charge in [0, 0.05) is 27.7 Å². The highest BCUT2D eigenvalue weighted by Gasteiger charge is 2.51. The van der Waals surface area contributed by atoms with E-state index in [1.54, 1.807) is 24.3 Å². The molecule has 9 nitrogen and oxygen atoms in total. The molecular weight excluding hydrogens is 494 g/mol. The number of imide groups is 1. The number of carbonyl (C=O) groups excluding carboxylic acids is 4. The van der Waals surface area contributed by atoms with Crippen molar-refractivity contribution in [3.05, 3.63) is 74.2 Å². The zero-order chi connectivity index (χ0) is 23.7. The number of halogens is 1. The van der Waals surface area contributed by atoms with E-state index in [1.807, 2.05) is 0 Å². The molecule has 0 N–H and O–H groups in total. The van der Waals surface area contributed by atoms with Crippen LogP contribution in [-0.2, 0) is 9.59 Å². The van der Waals surface area contributed by atoms with Gasteiger partial charge in [0.25, 0.3) is 23.4 Å². The van der Waals surface area contributed by atoms with Crippen LogP contribution < -0.4 is 0 Å². The Morgan fingerprint density at radius 2 is 1.61 bits per heavy atom. The second kappa shape index (κ2) is 9.22. The summed E-state index contributed by atoms with van der Waals surface area (Å²) in [6.45, 7) is -0.555. The summed E-state index contributed by atoms with van der Waals surface area (Å²) in [7, 11) is 0. The molecule has 33 heavy (non-hydrogen) atoms. The third kappa shape index (κ3) is 4.43. The third-order valence-electron chi connectivity index (χ3n) is 6.06. The van der Waals surface area contributed by atoms with Crippen molar-refractivity contribution in [3.63, 3.8) is 0 Å². The van der Waals surface area contributed by atoms with E-state index in [0.717, 1.165) is 33.4 Å². The fourth-order valence-corrected chi connectivity index (χ4v) is 4.65. The number of hydrogen-bond acceptors (Lipinski definition) is 6. The predicted molar refractivity (Wildman–Crippen MR) is 120 cm³/mol. The Morgan fingerprint density at radius 3 is 2.18 bits per heavy atom. The van der Waals surface area contributed by atoms with Crippen LogP contribution in [0.4, 0.5) is 5.69 Å². The summed E-state index contributed by atoms with van der Waals surface area (Å²) in [5.74, 6) is -3.36. The van der Waals surface area contributed by atoms with E-state index >= 15 is 0 Å². The maximum Gasteiger partial charge on any atom is 0.273 e. The summed E-state index contributed by atoms with van der Waals surface area (Å²) in [5, 5.41) is 12.8. The van der Waals surface area contributed by atoms with Gasteiger partial charge in [0.1, 0.15) is 6.54 Å². The Balaban J connectivity index is 1.71. The highest BCUT2D eigenvalue weighted by atomic mass is 79.9. The van der Waals surface area contributed by atoms with Gasteiger partial charge in [-0.2, -0.15) is 5.01 Å². The molecule has 4 rings (SSSR count). The van der Waals surface area contributed by atoms with Gasteiger partial charge in [-0.3, -0.25) is 29.3 Å². The number of nitro groups is 1. The molecule has 170 valence electrons. The highest BCUT2D eigenvalue weighted by molar-refractivity contribution is 9.10. The third-order valence-corrected chi connectivity index (χ3v) is 6.59. The van der Waals surface area contributed by atoms with Gasteiger partial charge >= 0.3 is 0 Å². The van der Waals surface area contributed by atoms with Crippen LogP contribution >= 0.6 is 15.9 Å². The van der Waals surface area contributed by atoms with Crippen LogP contribution in [0.1, 0.15) is 46.4 Å². The number of nitro benzene ring substituents is 1. The lowest BCUT2D eigenvalue weighted by Crippen LogP contribution is -2.52. The molecule has 3 amide bonds. The summed E-state index contributed by atoms with van der Waals surface area (Å²) in [5.41, 5.74) is -0.109. The Kier molecular flexibility index (Phi) is 6.37. The van der Waals surface area contributed by atoms with Crippen molar-refractivity contribution in [2.24, 2.45) is 11.8 Å². The van der Waals surface area contributed by atoms with Gasteiger partial charge in [-0.25, -0.2) is 5.01 Å². The molecule has 1 heterocycles. The van der Waals surface area contributed by atoms with E-state index in [2.05, 4.69) is 15.9 Å². The molecule has 2 fully saturated rings. The molecule has 0 bridgehead atoms. The molecule has 1 aliphatic heterocycles. The first-order valence-electron chi connectivity index (χ1n) is 10.5. The van der Waals surface area contributed by atoms with Crippen molar-refractivity contribution in [2.45, 2.75) is 25.7 Å². The number of rotatable bonds is 6. The Labute approximate surface area is 197 Å². The van der Waals surface area contributed by atoms with Crippen molar-refractivity contribution in [3.8, 4) is 0 Å². The van der Waals surface area contributed by atoms with Crippen LogP contribution in [-0.4, -0.2) is 45.0 Å². The van der Waals surface area contributed by atoms with Gasteiger partial charge in [0.15, 0.2) is 5.78 Å². The fraction of sp³-hybridized carbons (Fsp3) is 0.304. The van der Waals surface area contributed by atoms with Crippen LogP contribution in [0, 0.1) is 22.0 Å². The van der Waals surface area contributed by atoms with Crippen molar-refractivity contribution < 1.29 is 24.1 Å². The minimum Gasteiger partial charge on any atom is -0.292 e. The van der Waals surface area contributed by atoms with Crippen molar-refractivity contribution in [1.29, 1.82) is 0 Å². The number of amides is 3. The highest BCUT2D eigenvalue weighted by Crippen LogP contribution is 2.39. The molecule has 2 aromatic carbocycles. The van der Waals surface area contributed by atoms with Gasteiger partial charge < -0.3 is 0 Å². The van der Waals surface area contributed by atoms with Crippen LogP contribution in [0.15, 0.2) is 53.0 Å². The number of non-ortho nitro benzene ring substituents is 1. The second-order valence-corrected chi connectivity index (χ2v) is 9.00. The molecule has 1 aliphatic carbocycles. The zero-order valence-corrected chi connectivity index (χ0v) is 19.1. The van der Waals surface area contributed by atoms with E-state index in [9.17, 15) is 29.3 Å². The number of ketones is 1. The van der Waals surface area contributed by atoms with Crippen LogP contribution in [0.5, 0.6) is 0 Å². The van der Waals surface area contributed by atoms with E-state index in [0.29, 0.717) is 18.4 Å². The van der Waals surface area contributed by atoms with E-state index in [1.165, 1.54) is 18.2 Å². The molecule has 0 spiro atoms. The van der Waals surface area contributed by atoms with Crippen LogP contribution in [0.25, 0.3) is 0 Å². The topological polar surface area (TPSA) is 118 Å². The molecule has 10 heteroatoms. The molecule has 0 unspecified atom stereocenters. The Morgan fingerprint density at radius 1 is 1.00 bits per heavy atom. The van der Waals surface area contributed by atoms with E-state index in [4.69, 9.17) is 0 Å². The van der Waals surface area contributed by atoms with E-state index in [-0.39, 0.29) is 11.3 Å². The molecule has 2 aliphatic rings. The molecule has 2 atom stereocenters. The average Bonchev–Trinajstić information content (AvgIpc) is 3.07. The standard InChI is InChI=1S/C23H20BrN3O6/c24-16-10-8-14(9-11-16)20(28)13-25(21(29)15-4-3-5-17(12-15)27(32)33)26-22(30)18-6-1-2-7-19(18)23(26)31/h3-5,8-12,18-19H,1-2,6-7,13H2/t18-,19+. The lowest BCUT2D eigenvalue weighted by atomic mass is 9.81. The normalized spacial score (nSPS) is 19.8. The number of nitrogens with zero attached hydrogens (tertiary/aromatic N) is 3. The molecule has 1 saturated carbocycles. The first-order valence-corrected chi connectivity index (χ1v) is 11.3. The molecular formula is C23H20BrN3O6. The zero-order valence-electron chi connectivity index (χ0n) is 17.5. The largest absolute Gasteiger partial charge is 0.292 e. The summed E-state index contributed by atoms with van der Waals surface area (Å²) in [6, 6.07) is 11.5. The van der Waals surface area contributed by atoms with Gasteiger partial charge in [0.05, 0.1) is 16.8 Å². The summed E-state index contributed by atoms with van der Waals surface area (Å²) < 4.78 is 0.762. The average molecular weight is 514 g/mol. The minimum absolute atomic E-state index is 0.0942. The predicted octanol–water partition coefficient (Wildman–Crippen LogP) is 3.77.